The number of aromatic amines is 1. The lowest BCUT2D eigenvalue weighted by Crippen LogP contribution is -2.60. The van der Waals surface area contributed by atoms with Gasteiger partial charge < -0.3 is 14.5 Å². The van der Waals surface area contributed by atoms with Crippen molar-refractivity contribution >= 4 is 22.4 Å². The standard InChI is InChI=1S/C27H36N8O/c1-5-36-21-12-22(25-23-14-29-30-26(23)31-35(25)17-21)19-6-7-24(28-13-19)34-10-8-27(2,9-11-34)18-33-15-20(16-33)32(3)4/h6-7,12-14,17,20H,5,8-11,15-16,18H2,1-4H3,(H,30,31). The van der Waals surface area contributed by atoms with Gasteiger partial charge in [0.1, 0.15) is 11.6 Å². The molecule has 9 heteroatoms. The molecule has 6 heterocycles. The number of ether oxygens (including phenoxy) is 1. The summed E-state index contributed by atoms with van der Waals surface area (Å²) in [5.74, 6) is 1.84. The highest BCUT2D eigenvalue weighted by Gasteiger charge is 2.37. The van der Waals surface area contributed by atoms with Crippen molar-refractivity contribution in [3.63, 3.8) is 0 Å². The number of nitrogens with one attached hydrogen (secondary N) is 1. The molecule has 36 heavy (non-hydrogen) atoms. The number of hydrogen-bond donors (Lipinski definition) is 1. The van der Waals surface area contributed by atoms with Crippen molar-refractivity contribution in [1.29, 1.82) is 0 Å². The highest BCUT2D eigenvalue weighted by Crippen LogP contribution is 2.36. The molecule has 4 aromatic heterocycles. The maximum Gasteiger partial charge on any atom is 0.178 e. The smallest absolute Gasteiger partial charge is 0.178 e. The maximum atomic E-state index is 5.82. The molecule has 0 bridgehead atoms. The second-order valence-electron chi connectivity index (χ2n) is 11.0. The number of rotatable bonds is 7. The van der Waals surface area contributed by atoms with Gasteiger partial charge in [-0.25, -0.2) is 9.50 Å². The van der Waals surface area contributed by atoms with E-state index < -0.39 is 0 Å². The summed E-state index contributed by atoms with van der Waals surface area (Å²) in [7, 11) is 4.37. The van der Waals surface area contributed by atoms with Crippen LogP contribution in [0, 0.1) is 5.41 Å². The lowest BCUT2D eigenvalue weighted by Gasteiger charge is -2.49. The zero-order valence-corrected chi connectivity index (χ0v) is 21.7. The number of fused-ring (bicyclic) bond motifs is 3. The summed E-state index contributed by atoms with van der Waals surface area (Å²) in [6.45, 7) is 10.8. The Bertz CT molecular complexity index is 1340. The second kappa shape index (κ2) is 9.05. The molecule has 0 aromatic carbocycles. The molecule has 2 saturated heterocycles. The Morgan fingerprint density at radius 3 is 2.67 bits per heavy atom. The first-order chi connectivity index (χ1) is 17.4. The molecule has 2 aliphatic rings. The van der Waals surface area contributed by atoms with Gasteiger partial charge in [-0.1, -0.05) is 6.92 Å². The van der Waals surface area contributed by atoms with Crippen LogP contribution in [0.4, 0.5) is 5.82 Å². The fourth-order valence-electron chi connectivity index (χ4n) is 5.71. The zero-order chi connectivity index (χ0) is 24.9. The first-order valence-corrected chi connectivity index (χ1v) is 13.0. The van der Waals surface area contributed by atoms with Crippen LogP contribution in [0.1, 0.15) is 26.7 Å². The van der Waals surface area contributed by atoms with Gasteiger partial charge in [0.2, 0.25) is 0 Å². The minimum Gasteiger partial charge on any atom is -0.492 e. The minimum atomic E-state index is 0.386. The SMILES string of the molecule is CCOc1cc(-c2ccc(N3CCC(C)(CN4CC(N(C)C)C4)CC3)nc2)c2c3cn[nH]c3nn2c1. The number of piperidine rings is 1. The fourth-order valence-corrected chi connectivity index (χ4v) is 5.71. The fraction of sp³-hybridized carbons (Fsp3) is 0.519. The van der Waals surface area contributed by atoms with E-state index >= 15 is 0 Å². The van der Waals surface area contributed by atoms with Crippen molar-refractivity contribution in [2.75, 3.05) is 58.3 Å². The lowest BCUT2D eigenvalue weighted by atomic mass is 9.79. The van der Waals surface area contributed by atoms with E-state index in [1.807, 2.05) is 30.0 Å². The number of anilines is 1. The van der Waals surface area contributed by atoms with Crippen LogP contribution in [-0.2, 0) is 0 Å². The summed E-state index contributed by atoms with van der Waals surface area (Å²) in [6, 6.07) is 7.12. The van der Waals surface area contributed by atoms with Crippen LogP contribution >= 0.6 is 0 Å². The van der Waals surface area contributed by atoms with Gasteiger partial charge in [-0.2, -0.15) is 5.10 Å². The van der Waals surface area contributed by atoms with E-state index in [0.29, 0.717) is 12.0 Å². The molecular weight excluding hydrogens is 452 g/mol. The largest absolute Gasteiger partial charge is 0.492 e. The zero-order valence-electron chi connectivity index (χ0n) is 21.7. The van der Waals surface area contributed by atoms with Gasteiger partial charge in [0.05, 0.1) is 29.9 Å². The van der Waals surface area contributed by atoms with Crippen molar-refractivity contribution in [2.24, 2.45) is 5.41 Å². The average Bonchev–Trinajstić information content (AvgIpc) is 3.43. The topological polar surface area (TPSA) is 77.8 Å². The van der Waals surface area contributed by atoms with Gasteiger partial charge in [0, 0.05) is 56.1 Å². The number of pyridine rings is 2. The van der Waals surface area contributed by atoms with E-state index in [0.717, 1.165) is 58.4 Å². The number of nitrogens with zero attached hydrogens (tertiary/aromatic N) is 7. The molecule has 0 radical (unpaired) electrons. The molecular formula is C27H36N8O. The Kier molecular flexibility index (Phi) is 5.84. The lowest BCUT2D eigenvalue weighted by molar-refractivity contribution is 0.0220. The highest BCUT2D eigenvalue weighted by atomic mass is 16.5. The minimum absolute atomic E-state index is 0.386. The van der Waals surface area contributed by atoms with Gasteiger partial charge in [-0.15, -0.1) is 5.10 Å². The summed E-state index contributed by atoms with van der Waals surface area (Å²) in [6.07, 6.45) is 8.13. The summed E-state index contributed by atoms with van der Waals surface area (Å²) in [4.78, 5) is 12.3. The van der Waals surface area contributed by atoms with Crippen molar-refractivity contribution < 1.29 is 4.74 Å². The van der Waals surface area contributed by atoms with Crippen LogP contribution in [0.2, 0.25) is 0 Å². The quantitative estimate of drug-likeness (QED) is 0.426. The Labute approximate surface area is 212 Å². The average molecular weight is 489 g/mol. The summed E-state index contributed by atoms with van der Waals surface area (Å²) >= 11 is 0. The van der Waals surface area contributed by atoms with E-state index in [1.165, 1.54) is 32.5 Å². The Morgan fingerprint density at radius 1 is 1.17 bits per heavy atom. The Hall–Kier alpha value is -3.17. The number of hydrogen-bond acceptors (Lipinski definition) is 7. The number of aromatic nitrogens is 5. The number of likely N-dealkylation sites (tertiary alicyclic amines) is 1. The molecule has 0 aliphatic carbocycles. The molecule has 2 aliphatic heterocycles. The third-order valence-electron chi connectivity index (χ3n) is 8.04. The summed E-state index contributed by atoms with van der Waals surface area (Å²) in [5, 5.41) is 12.8. The normalized spacial score (nSPS) is 18.9. The van der Waals surface area contributed by atoms with E-state index in [4.69, 9.17) is 9.72 Å². The molecule has 190 valence electrons. The van der Waals surface area contributed by atoms with Crippen molar-refractivity contribution in [3.8, 4) is 16.9 Å². The predicted molar refractivity (Wildman–Crippen MR) is 143 cm³/mol. The Balaban J connectivity index is 1.18. The van der Waals surface area contributed by atoms with Crippen LogP contribution in [0.25, 0.3) is 27.7 Å². The summed E-state index contributed by atoms with van der Waals surface area (Å²) in [5.41, 5.74) is 4.25. The van der Waals surface area contributed by atoms with Crippen LogP contribution in [0.3, 0.4) is 0 Å². The maximum absolute atomic E-state index is 5.82. The van der Waals surface area contributed by atoms with Crippen LogP contribution in [0.15, 0.2) is 36.8 Å². The molecule has 0 saturated carbocycles. The van der Waals surface area contributed by atoms with Crippen molar-refractivity contribution in [3.05, 3.63) is 36.8 Å². The molecule has 1 N–H and O–H groups in total. The number of H-pyrrole nitrogens is 1. The monoisotopic (exact) mass is 488 g/mol. The van der Waals surface area contributed by atoms with Crippen molar-refractivity contribution in [1.82, 2.24) is 34.6 Å². The first kappa shape index (κ1) is 23.2. The molecule has 9 nitrogen and oxygen atoms in total. The van der Waals surface area contributed by atoms with Crippen LogP contribution in [-0.4, -0.2) is 94.1 Å². The van der Waals surface area contributed by atoms with Gasteiger partial charge in [-0.3, -0.25) is 10.00 Å². The van der Waals surface area contributed by atoms with E-state index in [1.54, 1.807) is 0 Å². The van der Waals surface area contributed by atoms with Crippen molar-refractivity contribution in [2.45, 2.75) is 32.7 Å². The third-order valence-corrected chi connectivity index (χ3v) is 8.04. The molecule has 4 aromatic rings. The van der Waals surface area contributed by atoms with Crippen LogP contribution < -0.4 is 9.64 Å². The van der Waals surface area contributed by atoms with Gasteiger partial charge >= 0.3 is 0 Å². The highest BCUT2D eigenvalue weighted by molar-refractivity contribution is 6.00. The van der Waals surface area contributed by atoms with Gasteiger partial charge in [0.15, 0.2) is 5.65 Å². The van der Waals surface area contributed by atoms with E-state index in [2.05, 4.69) is 69.2 Å². The molecule has 0 spiro atoms. The molecule has 0 atom stereocenters. The molecule has 2 fully saturated rings. The van der Waals surface area contributed by atoms with E-state index in [9.17, 15) is 0 Å². The molecule has 0 unspecified atom stereocenters. The van der Waals surface area contributed by atoms with Gasteiger partial charge in [0.25, 0.3) is 0 Å². The van der Waals surface area contributed by atoms with Crippen LogP contribution in [0.5, 0.6) is 5.75 Å². The Morgan fingerprint density at radius 2 is 1.97 bits per heavy atom. The molecule has 6 rings (SSSR count). The number of likely N-dealkylation sites (N-methyl/N-ethyl adjacent to an activating group) is 1. The predicted octanol–water partition coefficient (Wildman–Crippen LogP) is 3.52. The summed E-state index contributed by atoms with van der Waals surface area (Å²) < 4.78 is 7.70. The van der Waals surface area contributed by atoms with Gasteiger partial charge in [-0.05, 0) is 57.5 Å². The van der Waals surface area contributed by atoms with E-state index in [-0.39, 0.29) is 0 Å². The second-order valence-corrected chi connectivity index (χ2v) is 11.0. The third kappa shape index (κ3) is 4.20. The first-order valence-electron chi connectivity index (χ1n) is 13.0. The molecule has 0 amide bonds.